The molecular formula is C18H14N6S4. The molecule has 4 aromatic rings. The summed E-state index contributed by atoms with van der Waals surface area (Å²) in [5.41, 5.74) is 2.50. The molecule has 0 aliphatic heterocycles. The van der Waals surface area contributed by atoms with E-state index in [4.69, 9.17) is 0 Å². The molecule has 2 aromatic carbocycles. The fourth-order valence-corrected chi connectivity index (χ4v) is 5.36. The third-order valence-corrected chi connectivity index (χ3v) is 7.45. The van der Waals surface area contributed by atoms with Gasteiger partial charge in [-0.1, -0.05) is 107 Å². The Morgan fingerprint density at radius 3 is 1.46 bits per heavy atom. The Labute approximate surface area is 178 Å². The van der Waals surface area contributed by atoms with Crippen LogP contribution in [0.25, 0.3) is 0 Å². The fraction of sp³-hybridized carbons (Fsp3) is 0.111. The zero-order valence-electron chi connectivity index (χ0n) is 14.5. The number of hydrogen-bond donors (Lipinski definition) is 0. The summed E-state index contributed by atoms with van der Waals surface area (Å²) in [7, 11) is 0. The van der Waals surface area contributed by atoms with Gasteiger partial charge in [0.15, 0.2) is 8.68 Å². The third kappa shape index (κ3) is 5.68. The molecule has 2 aromatic heterocycles. The van der Waals surface area contributed by atoms with Crippen molar-refractivity contribution in [1.82, 2.24) is 20.4 Å². The van der Waals surface area contributed by atoms with E-state index in [9.17, 15) is 0 Å². The minimum atomic E-state index is 0.518. The molecule has 2 heterocycles. The highest BCUT2D eigenvalue weighted by Crippen LogP contribution is 2.33. The Kier molecular flexibility index (Phi) is 6.77. The molecule has 0 saturated carbocycles. The van der Waals surface area contributed by atoms with Crippen molar-refractivity contribution in [3.8, 4) is 0 Å². The second kappa shape index (κ2) is 9.87. The molecule has 6 nitrogen and oxygen atoms in total. The molecule has 0 aliphatic rings. The lowest BCUT2D eigenvalue weighted by molar-refractivity contribution is 0.976. The second-order valence-electron chi connectivity index (χ2n) is 5.45. The van der Waals surface area contributed by atoms with Gasteiger partial charge in [-0.2, -0.15) is 0 Å². The minimum absolute atomic E-state index is 0.518. The highest BCUT2D eigenvalue weighted by atomic mass is 32.2. The summed E-state index contributed by atoms with van der Waals surface area (Å²) >= 11 is 6.11. The Morgan fingerprint density at radius 2 is 1.04 bits per heavy atom. The van der Waals surface area contributed by atoms with Gasteiger partial charge in [-0.25, -0.2) is 0 Å². The maximum Gasteiger partial charge on any atom is 0.252 e. The summed E-state index contributed by atoms with van der Waals surface area (Å²) in [6.45, 7) is 0. The van der Waals surface area contributed by atoms with Crippen LogP contribution in [-0.4, -0.2) is 20.4 Å². The van der Waals surface area contributed by atoms with Gasteiger partial charge in [-0.15, -0.1) is 30.6 Å². The average Bonchev–Trinajstić information content (AvgIpc) is 3.40. The lowest BCUT2D eigenvalue weighted by Crippen LogP contribution is -1.78. The first-order chi connectivity index (χ1) is 13.8. The molecule has 0 N–H and O–H groups in total. The van der Waals surface area contributed by atoms with E-state index in [2.05, 4.69) is 54.9 Å². The monoisotopic (exact) mass is 442 g/mol. The van der Waals surface area contributed by atoms with Crippen LogP contribution in [0.15, 0.2) is 79.6 Å². The van der Waals surface area contributed by atoms with Crippen LogP contribution in [-0.2, 0) is 11.5 Å². The van der Waals surface area contributed by atoms with Crippen LogP contribution < -0.4 is 0 Å². The van der Waals surface area contributed by atoms with E-state index >= 15 is 0 Å². The summed E-state index contributed by atoms with van der Waals surface area (Å²) < 4.78 is 1.74. The van der Waals surface area contributed by atoms with Crippen LogP contribution >= 0.6 is 46.2 Å². The maximum absolute atomic E-state index is 4.15. The number of thioether (sulfide) groups is 2. The third-order valence-electron chi connectivity index (χ3n) is 3.42. The van der Waals surface area contributed by atoms with Gasteiger partial charge >= 0.3 is 0 Å². The summed E-state index contributed by atoms with van der Waals surface area (Å²) in [5.74, 6) is 1.70. The molecule has 10 heteroatoms. The standard InChI is InChI=1S/C18H14N6S4/c1-3-7-13(8-4-1)11-25-17-23-21-15(27-17)19-20-16-22-24-18(28-16)26-12-14-9-5-2-6-10-14/h1-10H,11-12H2/b20-19+. The number of benzene rings is 2. The van der Waals surface area contributed by atoms with Crippen molar-refractivity contribution in [3.63, 3.8) is 0 Å². The minimum Gasteiger partial charge on any atom is -0.130 e. The van der Waals surface area contributed by atoms with Crippen LogP contribution in [0, 0.1) is 0 Å². The van der Waals surface area contributed by atoms with Crippen molar-refractivity contribution < 1.29 is 0 Å². The topological polar surface area (TPSA) is 76.3 Å². The molecular weight excluding hydrogens is 429 g/mol. The normalized spacial score (nSPS) is 11.3. The van der Waals surface area contributed by atoms with Crippen LogP contribution in [0.1, 0.15) is 11.1 Å². The van der Waals surface area contributed by atoms with Crippen molar-refractivity contribution in [2.24, 2.45) is 10.2 Å². The summed E-state index contributed by atoms with van der Waals surface area (Å²) in [6.07, 6.45) is 0. The first kappa shape index (κ1) is 19.2. The molecule has 0 fully saturated rings. The Bertz CT molecular complexity index is 949. The van der Waals surface area contributed by atoms with Gasteiger partial charge in [-0.3, -0.25) is 0 Å². The van der Waals surface area contributed by atoms with Crippen LogP contribution in [0.3, 0.4) is 0 Å². The van der Waals surface area contributed by atoms with E-state index in [0.717, 1.165) is 20.2 Å². The van der Waals surface area contributed by atoms with Gasteiger partial charge < -0.3 is 0 Å². The number of nitrogens with zero attached hydrogens (tertiary/aromatic N) is 6. The lowest BCUT2D eigenvalue weighted by Gasteiger charge is -1.96. The number of azo groups is 1. The van der Waals surface area contributed by atoms with Gasteiger partial charge in [-0.05, 0) is 11.1 Å². The highest BCUT2D eigenvalue weighted by molar-refractivity contribution is 8.00. The van der Waals surface area contributed by atoms with Gasteiger partial charge in [0.1, 0.15) is 0 Å². The van der Waals surface area contributed by atoms with Gasteiger partial charge in [0, 0.05) is 11.5 Å². The molecule has 0 radical (unpaired) electrons. The summed E-state index contributed by atoms with van der Waals surface area (Å²) in [4.78, 5) is 0. The fourth-order valence-electron chi connectivity index (χ4n) is 2.13. The van der Waals surface area contributed by atoms with Crippen molar-refractivity contribution in [2.75, 3.05) is 0 Å². The first-order valence-corrected chi connectivity index (χ1v) is 11.9. The molecule has 0 bridgehead atoms. The van der Waals surface area contributed by atoms with Crippen LogP contribution in [0.5, 0.6) is 0 Å². The zero-order valence-corrected chi connectivity index (χ0v) is 17.8. The predicted molar refractivity (Wildman–Crippen MR) is 116 cm³/mol. The number of aromatic nitrogens is 4. The van der Waals surface area contributed by atoms with Crippen molar-refractivity contribution >= 4 is 56.5 Å². The lowest BCUT2D eigenvalue weighted by atomic mass is 10.2. The van der Waals surface area contributed by atoms with Gasteiger partial charge in [0.05, 0.1) is 0 Å². The summed E-state index contributed by atoms with van der Waals surface area (Å²) in [6, 6.07) is 20.5. The highest BCUT2D eigenvalue weighted by Gasteiger charge is 2.07. The Balaban J connectivity index is 1.30. The smallest absolute Gasteiger partial charge is 0.130 e. The van der Waals surface area contributed by atoms with Crippen molar-refractivity contribution in [2.45, 2.75) is 20.2 Å². The average molecular weight is 443 g/mol. The zero-order chi connectivity index (χ0) is 19.0. The van der Waals surface area contributed by atoms with E-state index in [0.29, 0.717) is 10.3 Å². The maximum atomic E-state index is 4.15. The van der Waals surface area contributed by atoms with Crippen molar-refractivity contribution in [1.29, 1.82) is 0 Å². The van der Waals surface area contributed by atoms with E-state index < -0.39 is 0 Å². The van der Waals surface area contributed by atoms with E-state index in [-0.39, 0.29) is 0 Å². The number of rotatable bonds is 8. The second-order valence-corrected chi connectivity index (χ2v) is 9.81. The summed E-state index contributed by atoms with van der Waals surface area (Å²) in [5, 5.41) is 25.7. The quantitative estimate of drug-likeness (QED) is 0.232. The van der Waals surface area contributed by atoms with E-state index in [1.165, 1.54) is 33.8 Å². The molecule has 0 aliphatic carbocycles. The molecule has 28 heavy (non-hydrogen) atoms. The molecule has 140 valence electrons. The molecule has 0 amide bonds. The predicted octanol–water partition coefficient (Wildman–Crippen LogP) is 6.39. The Hall–Kier alpha value is -2.14. The molecule has 0 unspecified atom stereocenters. The van der Waals surface area contributed by atoms with Crippen molar-refractivity contribution in [3.05, 3.63) is 71.8 Å². The van der Waals surface area contributed by atoms with Gasteiger partial charge in [0.2, 0.25) is 0 Å². The molecule has 0 atom stereocenters. The Morgan fingerprint density at radius 1 is 0.607 bits per heavy atom. The van der Waals surface area contributed by atoms with Crippen LogP contribution in [0.4, 0.5) is 10.3 Å². The van der Waals surface area contributed by atoms with Gasteiger partial charge in [0.25, 0.3) is 10.3 Å². The van der Waals surface area contributed by atoms with E-state index in [1.54, 1.807) is 23.5 Å². The molecule has 0 saturated heterocycles. The van der Waals surface area contributed by atoms with E-state index in [1.807, 2.05) is 36.4 Å². The largest absolute Gasteiger partial charge is 0.252 e. The molecule has 4 rings (SSSR count). The first-order valence-electron chi connectivity index (χ1n) is 8.27. The van der Waals surface area contributed by atoms with Crippen LogP contribution in [0.2, 0.25) is 0 Å². The molecule has 0 spiro atoms. The number of hydrogen-bond acceptors (Lipinski definition) is 10. The SMILES string of the molecule is c1ccc(CSc2nnc(/N=N/c3nnc(SCc4ccccc4)s3)s2)cc1.